The molecule has 1 aromatic carbocycles. The number of rotatable bonds is 3. The summed E-state index contributed by atoms with van der Waals surface area (Å²) in [4.78, 5) is 13.5. The number of thiophene rings is 1. The Bertz CT molecular complexity index is 1120. The van der Waals surface area contributed by atoms with E-state index >= 15 is 0 Å². The lowest BCUT2D eigenvalue weighted by Gasteiger charge is -2.33. The number of hydrogen-bond donors (Lipinski definition) is 2. The molecule has 0 fully saturated rings. The number of fused-ring (bicyclic) bond motifs is 1. The Labute approximate surface area is 181 Å². The first-order valence-electron chi connectivity index (χ1n) is 8.74. The molecule has 1 amide bonds. The van der Waals surface area contributed by atoms with Gasteiger partial charge in [-0.3, -0.25) is 4.79 Å². The first kappa shape index (κ1) is 20.4. The molecule has 1 aliphatic heterocycles. The number of carbonyl (C=O) groups is 1. The predicted molar refractivity (Wildman–Crippen MR) is 109 cm³/mol. The molecule has 0 unspecified atom stereocenters. The van der Waals surface area contributed by atoms with Crippen LogP contribution in [-0.4, -0.2) is 21.9 Å². The average Bonchev–Trinajstić information content (AvgIpc) is 3.36. The van der Waals surface area contributed by atoms with Crippen LogP contribution in [-0.2, 0) is 0 Å². The number of carbonyl (C=O) groups excluding carboxylic acids is 1. The molecule has 2 N–H and O–H groups in total. The highest BCUT2D eigenvalue weighted by molar-refractivity contribution is 9.10. The number of nitrogens with one attached hydrogen (secondary N) is 2. The van der Waals surface area contributed by atoms with Crippen LogP contribution in [0.1, 0.15) is 39.4 Å². The lowest BCUT2D eigenvalue weighted by atomic mass is 10.0. The van der Waals surface area contributed by atoms with Gasteiger partial charge in [0.1, 0.15) is 5.82 Å². The molecule has 2 atom stereocenters. The molecule has 11 heteroatoms. The van der Waals surface area contributed by atoms with Crippen LogP contribution in [0.4, 0.5) is 24.7 Å². The molecule has 30 heavy (non-hydrogen) atoms. The third kappa shape index (κ3) is 3.80. The summed E-state index contributed by atoms with van der Waals surface area (Å²) in [6.45, 7) is 0. The molecule has 0 saturated heterocycles. The van der Waals surface area contributed by atoms with E-state index in [9.17, 15) is 18.0 Å². The maximum Gasteiger partial charge on any atom is 0.410 e. The summed E-state index contributed by atoms with van der Waals surface area (Å²) >= 11 is 4.61. The standard InChI is InChI=1S/C19H13BrF3N5OS/c20-15-16(18(29)25-11-5-3-10(9-24)4-6-11)27-28-14(19(21,22)23)8-12(26-17(15)28)13-2-1-7-30-13/h1-7,12,14,26H,8H2,(H,25,29)/t12-,14+/m0/s1. The highest BCUT2D eigenvalue weighted by atomic mass is 79.9. The normalized spacial score (nSPS) is 18.2. The summed E-state index contributed by atoms with van der Waals surface area (Å²) in [5.74, 6) is -0.559. The largest absolute Gasteiger partial charge is 0.410 e. The van der Waals surface area contributed by atoms with Crippen molar-refractivity contribution in [3.63, 3.8) is 0 Å². The van der Waals surface area contributed by atoms with Crippen molar-refractivity contribution in [1.82, 2.24) is 9.78 Å². The van der Waals surface area contributed by atoms with E-state index in [1.54, 1.807) is 17.5 Å². The van der Waals surface area contributed by atoms with E-state index in [4.69, 9.17) is 5.26 Å². The van der Waals surface area contributed by atoms with Crippen molar-refractivity contribution in [3.05, 3.63) is 62.4 Å². The third-order valence-corrected chi connectivity index (χ3v) is 6.41. The quantitative estimate of drug-likeness (QED) is 0.503. The van der Waals surface area contributed by atoms with Gasteiger partial charge < -0.3 is 10.6 Å². The second-order valence-electron chi connectivity index (χ2n) is 6.60. The van der Waals surface area contributed by atoms with E-state index in [0.29, 0.717) is 11.3 Å². The maximum atomic E-state index is 13.8. The molecule has 4 rings (SSSR count). The van der Waals surface area contributed by atoms with Crippen LogP contribution in [0.15, 0.2) is 46.3 Å². The average molecular weight is 496 g/mol. The zero-order chi connectivity index (χ0) is 21.5. The summed E-state index contributed by atoms with van der Waals surface area (Å²) in [7, 11) is 0. The van der Waals surface area contributed by atoms with Crippen LogP contribution in [0.25, 0.3) is 0 Å². The van der Waals surface area contributed by atoms with Gasteiger partial charge in [0, 0.05) is 17.0 Å². The Morgan fingerprint density at radius 2 is 2.07 bits per heavy atom. The smallest absolute Gasteiger partial charge is 0.362 e. The number of amides is 1. The van der Waals surface area contributed by atoms with Crippen LogP contribution in [0, 0.1) is 11.3 Å². The van der Waals surface area contributed by atoms with E-state index in [2.05, 4.69) is 31.7 Å². The van der Waals surface area contributed by atoms with E-state index in [1.165, 1.54) is 35.6 Å². The van der Waals surface area contributed by atoms with Crippen molar-refractivity contribution in [2.45, 2.75) is 24.7 Å². The number of benzene rings is 1. The summed E-state index contributed by atoms with van der Waals surface area (Å²) in [6.07, 6.45) is -4.76. The highest BCUT2D eigenvalue weighted by Crippen LogP contribution is 2.46. The number of halogens is 4. The maximum absolute atomic E-state index is 13.8. The minimum Gasteiger partial charge on any atom is -0.362 e. The van der Waals surface area contributed by atoms with Gasteiger partial charge in [0.2, 0.25) is 0 Å². The second kappa shape index (κ2) is 7.77. The van der Waals surface area contributed by atoms with Crippen LogP contribution in [0.2, 0.25) is 0 Å². The van der Waals surface area contributed by atoms with Crippen LogP contribution >= 0.6 is 27.3 Å². The molecular weight excluding hydrogens is 483 g/mol. The molecular formula is C19H13BrF3N5OS. The van der Waals surface area contributed by atoms with Crippen LogP contribution in [0.3, 0.4) is 0 Å². The second-order valence-corrected chi connectivity index (χ2v) is 8.38. The number of anilines is 2. The van der Waals surface area contributed by atoms with E-state index < -0.39 is 24.2 Å². The summed E-state index contributed by atoms with van der Waals surface area (Å²) in [5, 5.41) is 20.3. The number of nitrogens with zero attached hydrogens (tertiary/aromatic N) is 3. The number of alkyl halides is 3. The molecule has 0 radical (unpaired) electrons. The van der Waals surface area contributed by atoms with Crippen molar-refractivity contribution in [2.75, 3.05) is 10.6 Å². The Balaban J connectivity index is 1.67. The van der Waals surface area contributed by atoms with Gasteiger partial charge >= 0.3 is 6.18 Å². The zero-order valence-electron chi connectivity index (χ0n) is 15.1. The van der Waals surface area contributed by atoms with Gasteiger partial charge in [-0.05, 0) is 51.6 Å². The minimum absolute atomic E-state index is 0.104. The van der Waals surface area contributed by atoms with Crippen molar-refractivity contribution in [2.24, 2.45) is 0 Å². The minimum atomic E-state index is -4.53. The summed E-state index contributed by atoms with van der Waals surface area (Å²) in [5.41, 5.74) is 0.653. The van der Waals surface area contributed by atoms with E-state index in [0.717, 1.165) is 9.56 Å². The van der Waals surface area contributed by atoms with Crippen molar-refractivity contribution < 1.29 is 18.0 Å². The Kier molecular flexibility index (Phi) is 5.29. The van der Waals surface area contributed by atoms with E-state index in [-0.39, 0.29) is 22.4 Å². The molecule has 0 saturated carbocycles. The first-order chi connectivity index (χ1) is 14.3. The van der Waals surface area contributed by atoms with Gasteiger partial charge in [-0.2, -0.15) is 23.5 Å². The van der Waals surface area contributed by atoms with Crippen LogP contribution < -0.4 is 10.6 Å². The van der Waals surface area contributed by atoms with E-state index in [1.807, 2.05) is 6.07 Å². The Morgan fingerprint density at radius 3 is 2.67 bits per heavy atom. The van der Waals surface area contributed by atoms with Gasteiger partial charge in [0.15, 0.2) is 11.7 Å². The molecule has 1 aliphatic rings. The first-order valence-corrected chi connectivity index (χ1v) is 10.4. The summed E-state index contributed by atoms with van der Waals surface area (Å²) < 4.78 is 42.3. The fourth-order valence-electron chi connectivity index (χ4n) is 3.23. The van der Waals surface area contributed by atoms with Gasteiger partial charge in [-0.15, -0.1) is 11.3 Å². The molecule has 3 aromatic rings. The Hall–Kier alpha value is -2.84. The van der Waals surface area contributed by atoms with Crippen molar-refractivity contribution in [1.29, 1.82) is 5.26 Å². The molecule has 0 spiro atoms. The Morgan fingerprint density at radius 1 is 1.33 bits per heavy atom. The molecule has 6 nitrogen and oxygen atoms in total. The van der Waals surface area contributed by atoms with Gasteiger partial charge in [0.05, 0.1) is 22.1 Å². The van der Waals surface area contributed by atoms with Gasteiger partial charge in [0.25, 0.3) is 5.91 Å². The highest BCUT2D eigenvalue weighted by Gasteiger charge is 2.48. The fourth-order valence-corrected chi connectivity index (χ4v) is 4.58. The number of hydrogen-bond acceptors (Lipinski definition) is 5. The molecule has 154 valence electrons. The zero-order valence-corrected chi connectivity index (χ0v) is 17.5. The fraction of sp³-hybridized carbons (Fsp3) is 0.211. The van der Waals surface area contributed by atoms with Gasteiger partial charge in [-0.25, -0.2) is 4.68 Å². The van der Waals surface area contributed by atoms with Crippen molar-refractivity contribution in [3.8, 4) is 6.07 Å². The third-order valence-electron chi connectivity index (χ3n) is 4.67. The lowest BCUT2D eigenvalue weighted by Crippen LogP contribution is -2.35. The molecule has 2 aromatic heterocycles. The van der Waals surface area contributed by atoms with Crippen molar-refractivity contribution >= 4 is 44.7 Å². The monoisotopic (exact) mass is 495 g/mol. The summed E-state index contributed by atoms with van der Waals surface area (Å²) in [6, 6.07) is 9.21. The molecule has 0 aliphatic carbocycles. The van der Waals surface area contributed by atoms with Gasteiger partial charge in [-0.1, -0.05) is 6.07 Å². The van der Waals surface area contributed by atoms with Crippen LogP contribution in [0.5, 0.6) is 0 Å². The molecule has 3 heterocycles. The SMILES string of the molecule is N#Cc1ccc(NC(=O)c2nn3c(c2Br)N[C@H](c2cccs2)C[C@@H]3C(F)(F)F)cc1. The number of aromatic nitrogens is 2. The number of nitriles is 1. The predicted octanol–water partition coefficient (Wildman–Crippen LogP) is 5.49. The lowest BCUT2D eigenvalue weighted by molar-refractivity contribution is -0.173. The topological polar surface area (TPSA) is 82.7 Å². The molecule has 0 bridgehead atoms.